The van der Waals surface area contributed by atoms with Crippen LogP contribution < -0.4 is 5.32 Å². The number of rotatable bonds is 4. The van der Waals surface area contributed by atoms with Gasteiger partial charge in [0.15, 0.2) is 0 Å². The molecule has 0 spiro atoms. The molecule has 1 aromatic rings. The Labute approximate surface area is 119 Å². The van der Waals surface area contributed by atoms with Crippen molar-refractivity contribution in [3.05, 3.63) is 35.6 Å². The lowest BCUT2D eigenvalue weighted by molar-refractivity contribution is 0.153. The summed E-state index contributed by atoms with van der Waals surface area (Å²) in [5.41, 5.74) is 1.00. The Morgan fingerprint density at radius 2 is 1.90 bits per heavy atom. The quantitative estimate of drug-likeness (QED) is 0.897. The molecule has 0 saturated heterocycles. The minimum absolute atomic E-state index is 0.00377. The van der Waals surface area contributed by atoms with E-state index < -0.39 is 0 Å². The van der Waals surface area contributed by atoms with E-state index in [0.717, 1.165) is 31.2 Å². The van der Waals surface area contributed by atoms with Gasteiger partial charge in [0.1, 0.15) is 5.82 Å². The average molecular weight is 276 g/mol. The van der Waals surface area contributed by atoms with E-state index in [9.17, 15) is 9.18 Å². The smallest absolute Gasteiger partial charge is 0.317 e. The van der Waals surface area contributed by atoms with E-state index in [1.165, 1.54) is 18.6 Å². The third kappa shape index (κ3) is 2.79. The van der Waals surface area contributed by atoms with Crippen molar-refractivity contribution in [2.45, 2.75) is 44.2 Å². The Hall–Kier alpha value is -1.58. The first-order chi connectivity index (χ1) is 9.65. The fraction of sp³-hybridized carbons (Fsp3) is 0.562. The van der Waals surface area contributed by atoms with E-state index in [4.69, 9.17) is 0 Å². The molecule has 0 bridgehead atoms. The van der Waals surface area contributed by atoms with Crippen molar-refractivity contribution in [1.29, 1.82) is 0 Å². The Kier molecular flexibility index (Phi) is 3.64. The van der Waals surface area contributed by atoms with Crippen LogP contribution in [0.4, 0.5) is 9.18 Å². The van der Waals surface area contributed by atoms with Gasteiger partial charge in [-0.05, 0) is 55.7 Å². The summed E-state index contributed by atoms with van der Waals surface area (Å²) in [4.78, 5) is 14.1. The van der Waals surface area contributed by atoms with E-state index in [1.54, 1.807) is 12.1 Å². The van der Waals surface area contributed by atoms with Gasteiger partial charge in [-0.1, -0.05) is 12.1 Å². The molecule has 108 valence electrons. The van der Waals surface area contributed by atoms with Crippen molar-refractivity contribution in [3.63, 3.8) is 0 Å². The van der Waals surface area contributed by atoms with Gasteiger partial charge in [-0.3, -0.25) is 0 Å². The van der Waals surface area contributed by atoms with E-state index in [2.05, 4.69) is 5.32 Å². The van der Waals surface area contributed by atoms with Gasteiger partial charge in [0.2, 0.25) is 0 Å². The fourth-order valence-electron chi connectivity index (χ4n) is 2.75. The van der Waals surface area contributed by atoms with Crippen molar-refractivity contribution < 1.29 is 9.18 Å². The van der Waals surface area contributed by atoms with Crippen molar-refractivity contribution in [3.8, 4) is 0 Å². The maximum atomic E-state index is 13.0. The van der Waals surface area contributed by atoms with Crippen LogP contribution in [0.15, 0.2) is 24.3 Å². The molecule has 1 atom stereocenters. The molecule has 1 aromatic carbocycles. The van der Waals surface area contributed by atoms with E-state index in [-0.39, 0.29) is 17.9 Å². The van der Waals surface area contributed by atoms with Gasteiger partial charge in [0.25, 0.3) is 0 Å². The lowest BCUT2D eigenvalue weighted by atomic mass is 9.92. The molecule has 20 heavy (non-hydrogen) atoms. The molecule has 2 fully saturated rings. The third-order valence-electron chi connectivity index (χ3n) is 4.54. The first kappa shape index (κ1) is 13.4. The second-order valence-corrected chi connectivity index (χ2v) is 6.01. The zero-order chi connectivity index (χ0) is 14.1. The van der Waals surface area contributed by atoms with Crippen LogP contribution in [0, 0.1) is 11.7 Å². The van der Waals surface area contributed by atoms with Crippen molar-refractivity contribution in [2.24, 2.45) is 5.92 Å². The van der Waals surface area contributed by atoms with Gasteiger partial charge in [-0.15, -0.1) is 0 Å². The molecule has 2 saturated carbocycles. The Morgan fingerprint density at radius 1 is 1.25 bits per heavy atom. The van der Waals surface area contributed by atoms with Crippen molar-refractivity contribution in [1.82, 2.24) is 10.2 Å². The molecular weight excluding hydrogens is 255 g/mol. The molecule has 3 rings (SSSR count). The van der Waals surface area contributed by atoms with Gasteiger partial charge in [0.05, 0.1) is 6.04 Å². The largest absolute Gasteiger partial charge is 0.331 e. The van der Waals surface area contributed by atoms with Crippen LogP contribution in [-0.4, -0.2) is 24.0 Å². The van der Waals surface area contributed by atoms with Crippen LogP contribution in [0.3, 0.4) is 0 Å². The summed E-state index contributed by atoms with van der Waals surface area (Å²) in [6, 6.07) is 6.90. The summed E-state index contributed by atoms with van der Waals surface area (Å²) in [6.07, 6.45) is 5.69. The van der Waals surface area contributed by atoms with Gasteiger partial charge in [-0.25, -0.2) is 9.18 Å². The molecule has 0 radical (unpaired) electrons. The number of hydrogen-bond acceptors (Lipinski definition) is 1. The maximum Gasteiger partial charge on any atom is 0.317 e. The summed E-state index contributed by atoms with van der Waals surface area (Å²) >= 11 is 0. The van der Waals surface area contributed by atoms with Crippen LogP contribution >= 0.6 is 0 Å². The zero-order valence-electron chi connectivity index (χ0n) is 11.8. The van der Waals surface area contributed by atoms with Gasteiger partial charge < -0.3 is 10.2 Å². The average Bonchev–Trinajstić information content (AvgIpc) is 3.19. The Balaban J connectivity index is 1.68. The first-order valence-electron chi connectivity index (χ1n) is 7.44. The van der Waals surface area contributed by atoms with Gasteiger partial charge in [-0.2, -0.15) is 0 Å². The highest BCUT2D eigenvalue weighted by atomic mass is 19.1. The summed E-state index contributed by atoms with van der Waals surface area (Å²) < 4.78 is 13.0. The fourth-order valence-corrected chi connectivity index (χ4v) is 2.75. The minimum Gasteiger partial charge on any atom is -0.331 e. The molecule has 2 aliphatic rings. The van der Waals surface area contributed by atoms with Crippen molar-refractivity contribution in [2.75, 3.05) is 7.05 Å². The standard InChI is InChI=1S/C16H21FN2O/c1-19(14-3-2-4-14)16(20)18-15(11-5-6-11)12-7-9-13(17)10-8-12/h7-11,14-15H,2-6H2,1H3,(H,18,20)/t15-/m0/s1. The number of nitrogens with one attached hydrogen (secondary N) is 1. The van der Waals surface area contributed by atoms with Crippen molar-refractivity contribution >= 4 is 6.03 Å². The molecule has 3 nitrogen and oxygen atoms in total. The Morgan fingerprint density at radius 3 is 2.40 bits per heavy atom. The molecule has 2 amide bonds. The summed E-state index contributed by atoms with van der Waals surface area (Å²) in [7, 11) is 1.87. The van der Waals surface area contributed by atoms with Gasteiger partial charge in [0, 0.05) is 13.1 Å². The van der Waals surface area contributed by atoms with Crippen LogP contribution in [0.25, 0.3) is 0 Å². The SMILES string of the molecule is CN(C(=O)N[C@H](c1ccc(F)cc1)C1CC1)C1CCC1. The highest BCUT2D eigenvalue weighted by Crippen LogP contribution is 2.41. The summed E-state index contributed by atoms with van der Waals surface area (Å²) in [6.45, 7) is 0. The zero-order valence-corrected chi connectivity index (χ0v) is 11.8. The molecule has 4 heteroatoms. The minimum atomic E-state index is -0.235. The number of amides is 2. The number of carbonyl (C=O) groups is 1. The highest BCUT2D eigenvalue weighted by Gasteiger charge is 2.35. The number of hydrogen-bond donors (Lipinski definition) is 1. The van der Waals surface area contributed by atoms with Crippen LogP contribution in [0.5, 0.6) is 0 Å². The second kappa shape index (κ2) is 5.43. The third-order valence-corrected chi connectivity index (χ3v) is 4.54. The van der Waals surface area contributed by atoms with E-state index in [0.29, 0.717) is 12.0 Å². The number of urea groups is 1. The predicted molar refractivity (Wildman–Crippen MR) is 75.8 cm³/mol. The second-order valence-electron chi connectivity index (χ2n) is 6.01. The molecule has 0 heterocycles. The highest BCUT2D eigenvalue weighted by molar-refractivity contribution is 5.75. The first-order valence-corrected chi connectivity index (χ1v) is 7.44. The van der Waals surface area contributed by atoms with E-state index >= 15 is 0 Å². The normalized spacial score (nSPS) is 20.1. The van der Waals surface area contributed by atoms with Crippen LogP contribution in [-0.2, 0) is 0 Å². The molecule has 2 aliphatic carbocycles. The maximum absolute atomic E-state index is 13.0. The number of nitrogens with zero attached hydrogens (tertiary/aromatic N) is 1. The molecule has 0 aliphatic heterocycles. The molecular formula is C16H21FN2O. The van der Waals surface area contributed by atoms with Crippen LogP contribution in [0.2, 0.25) is 0 Å². The van der Waals surface area contributed by atoms with E-state index in [1.807, 2.05) is 11.9 Å². The molecule has 1 N–H and O–H groups in total. The summed E-state index contributed by atoms with van der Waals surface area (Å²) in [5, 5.41) is 3.13. The topological polar surface area (TPSA) is 32.3 Å². The van der Waals surface area contributed by atoms with Crippen LogP contribution in [0.1, 0.15) is 43.7 Å². The molecule has 0 aromatic heterocycles. The lowest BCUT2D eigenvalue weighted by Gasteiger charge is -2.35. The van der Waals surface area contributed by atoms with Gasteiger partial charge >= 0.3 is 6.03 Å². The Bertz CT molecular complexity index is 480. The monoisotopic (exact) mass is 276 g/mol. The number of carbonyl (C=O) groups excluding carboxylic acids is 1. The predicted octanol–water partition coefficient (Wildman–Crippen LogP) is 3.47. The number of halogens is 1. The lowest BCUT2D eigenvalue weighted by Crippen LogP contribution is -2.47. The molecule has 0 unspecified atom stereocenters. The summed E-state index contributed by atoms with van der Waals surface area (Å²) in [5.74, 6) is 0.264. The number of benzene rings is 1.